The van der Waals surface area contributed by atoms with Gasteiger partial charge >= 0.3 is 99.3 Å². The number of carbonyl (C=O) groups excluding carboxylic acids is 2. The molecular weight excluding hydrogens is 596 g/mol. The van der Waals surface area contributed by atoms with E-state index in [0.717, 1.165) is 0 Å². The van der Waals surface area contributed by atoms with Crippen LogP contribution in [0.4, 0.5) is 0 Å². The molecule has 1 saturated heterocycles. The van der Waals surface area contributed by atoms with Gasteiger partial charge in [-0.3, -0.25) is 29.0 Å². The van der Waals surface area contributed by atoms with E-state index >= 15 is 0 Å². The Hall–Kier alpha value is -1.03. The van der Waals surface area contributed by atoms with E-state index in [1.807, 2.05) is 0 Å². The number of carboxylic acid groups (broad SMARTS) is 4. The molecule has 0 aromatic carbocycles. The molecule has 0 aliphatic carbocycles. The topological polar surface area (TPSA) is 251 Å². The molecule has 1 aliphatic rings. The fourth-order valence-corrected chi connectivity index (χ4v) is 3.59. The van der Waals surface area contributed by atoms with Gasteiger partial charge in [0.05, 0.1) is 78.8 Å². The quantitative estimate of drug-likeness (QED) is 0.109. The maximum atomic E-state index is 12.3. The molecule has 1 rings (SSSR count). The number of hydrogen-bond donors (Lipinski definition) is 6. The second-order valence-corrected chi connectivity index (χ2v) is 9.11. The van der Waals surface area contributed by atoms with Gasteiger partial charge in [-0.15, -0.1) is 0 Å². The molecule has 18 nitrogen and oxygen atoms in total. The monoisotopic (exact) mass is 640 g/mol. The zero-order chi connectivity index (χ0) is 31.3. The first-order chi connectivity index (χ1) is 20.0. The first-order valence-corrected chi connectivity index (χ1v) is 13.2. The SMILES string of the molecule is O=C(O)CC(NC(=O)CN1CCOCCOCCN(CC(=O)NC(CC(=O)O)C(=O)O)CCOCCOCC1)C(=O)O.[LiH].[LiH].[LiH].[LiH]. The van der Waals surface area contributed by atoms with Crippen LogP contribution < -0.4 is 10.6 Å². The van der Waals surface area contributed by atoms with Gasteiger partial charge < -0.3 is 50.0 Å². The first kappa shape index (κ1) is 51.8. The molecule has 1 heterocycles. The fourth-order valence-electron chi connectivity index (χ4n) is 3.59. The molecular formula is C24H44Li4N4O14. The molecule has 2 unspecified atom stereocenters. The van der Waals surface area contributed by atoms with E-state index in [1.165, 1.54) is 0 Å². The average Bonchev–Trinajstić information content (AvgIpc) is 2.89. The van der Waals surface area contributed by atoms with E-state index in [1.54, 1.807) is 9.80 Å². The van der Waals surface area contributed by atoms with Crippen LogP contribution in [-0.2, 0) is 47.7 Å². The van der Waals surface area contributed by atoms with Crippen LogP contribution in [0.25, 0.3) is 0 Å². The summed E-state index contributed by atoms with van der Waals surface area (Å²) >= 11 is 0. The zero-order valence-electron chi connectivity index (χ0n) is 23.2. The number of nitrogens with zero attached hydrogens (tertiary/aromatic N) is 2. The average molecular weight is 640 g/mol. The van der Waals surface area contributed by atoms with Crippen molar-refractivity contribution in [3.63, 3.8) is 0 Å². The summed E-state index contributed by atoms with van der Waals surface area (Å²) in [5.41, 5.74) is 0. The number of nitrogens with one attached hydrogen (secondary N) is 2. The van der Waals surface area contributed by atoms with Gasteiger partial charge in [0.15, 0.2) is 0 Å². The van der Waals surface area contributed by atoms with Crippen molar-refractivity contribution in [2.45, 2.75) is 24.9 Å². The fraction of sp³-hybridized carbons (Fsp3) is 0.750. The van der Waals surface area contributed by atoms with Gasteiger partial charge in [0, 0.05) is 26.2 Å². The van der Waals surface area contributed by atoms with Crippen LogP contribution in [0.2, 0.25) is 0 Å². The Kier molecular flexibility index (Phi) is 35.2. The molecule has 46 heavy (non-hydrogen) atoms. The van der Waals surface area contributed by atoms with Crippen molar-refractivity contribution in [1.82, 2.24) is 20.4 Å². The van der Waals surface area contributed by atoms with Crippen molar-refractivity contribution in [3.8, 4) is 0 Å². The molecule has 0 bridgehead atoms. The molecule has 0 aromatic rings. The van der Waals surface area contributed by atoms with E-state index in [4.69, 9.17) is 39.4 Å². The van der Waals surface area contributed by atoms with Crippen molar-refractivity contribution >= 4 is 111 Å². The van der Waals surface area contributed by atoms with Crippen LogP contribution in [-0.4, -0.2) is 246 Å². The number of aliphatic carboxylic acids is 4. The zero-order valence-corrected chi connectivity index (χ0v) is 23.2. The number of carboxylic acids is 4. The molecule has 6 N–H and O–H groups in total. The summed E-state index contributed by atoms with van der Waals surface area (Å²) in [4.78, 5) is 72.2. The van der Waals surface area contributed by atoms with Gasteiger partial charge in [0.2, 0.25) is 11.8 Å². The molecule has 2 atom stereocenters. The summed E-state index contributed by atoms with van der Waals surface area (Å²) in [7, 11) is 0. The van der Waals surface area contributed by atoms with E-state index in [9.17, 15) is 28.8 Å². The van der Waals surface area contributed by atoms with Crippen molar-refractivity contribution in [3.05, 3.63) is 0 Å². The van der Waals surface area contributed by atoms with Crippen molar-refractivity contribution < 1.29 is 68.1 Å². The second-order valence-electron chi connectivity index (χ2n) is 9.11. The van der Waals surface area contributed by atoms with E-state index in [2.05, 4.69) is 10.6 Å². The van der Waals surface area contributed by atoms with Gasteiger partial charge in [-0.2, -0.15) is 0 Å². The number of ether oxygens (including phenoxy) is 4. The number of rotatable bonds is 12. The molecule has 0 aromatic heterocycles. The summed E-state index contributed by atoms with van der Waals surface area (Å²) in [5, 5.41) is 40.4. The minimum absolute atomic E-state index is 0. The number of carbonyl (C=O) groups is 6. The predicted octanol–water partition coefficient (Wildman–Crippen LogP) is -5.84. The molecule has 0 radical (unpaired) electrons. The van der Waals surface area contributed by atoms with Gasteiger partial charge in [-0.25, -0.2) is 9.59 Å². The number of amides is 2. The van der Waals surface area contributed by atoms with Crippen LogP contribution >= 0.6 is 0 Å². The second kappa shape index (κ2) is 31.3. The molecule has 22 heteroatoms. The third kappa shape index (κ3) is 27.0. The molecule has 2 amide bonds. The molecule has 248 valence electrons. The molecule has 0 spiro atoms. The summed E-state index contributed by atoms with van der Waals surface area (Å²) in [6.45, 7) is 2.52. The van der Waals surface area contributed by atoms with Crippen LogP contribution in [0, 0.1) is 0 Å². The van der Waals surface area contributed by atoms with Gasteiger partial charge in [0.25, 0.3) is 0 Å². The Morgan fingerprint density at radius 2 is 0.761 bits per heavy atom. The van der Waals surface area contributed by atoms with Gasteiger partial charge in [-0.1, -0.05) is 0 Å². The van der Waals surface area contributed by atoms with Crippen LogP contribution in [0.5, 0.6) is 0 Å². The van der Waals surface area contributed by atoms with Gasteiger partial charge in [-0.05, 0) is 0 Å². The van der Waals surface area contributed by atoms with Crippen molar-refractivity contribution in [2.75, 3.05) is 92.1 Å². The summed E-state index contributed by atoms with van der Waals surface area (Å²) in [6, 6.07) is -3.11. The molecule has 0 saturated carbocycles. The van der Waals surface area contributed by atoms with E-state index < -0.39 is 60.6 Å². The third-order valence-corrected chi connectivity index (χ3v) is 5.71. The Bertz CT molecular complexity index is 819. The third-order valence-electron chi connectivity index (χ3n) is 5.71. The Balaban J connectivity index is -0.00000220. The normalized spacial score (nSPS) is 17.2. The van der Waals surface area contributed by atoms with E-state index in [0.29, 0.717) is 26.2 Å². The van der Waals surface area contributed by atoms with Crippen LogP contribution in [0.15, 0.2) is 0 Å². The first-order valence-electron chi connectivity index (χ1n) is 13.2. The Morgan fingerprint density at radius 1 is 0.500 bits per heavy atom. The summed E-state index contributed by atoms with van der Waals surface area (Å²) < 4.78 is 22.2. The predicted molar refractivity (Wildman–Crippen MR) is 168 cm³/mol. The van der Waals surface area contributed by atoms with Crippen molar-refractivity contribution in [2.24, 2.45) is 0 Å². The minimum atomic E-state index is -1.55. The Morgan fingerprint density at radius 3 is 0.978 bits per heavy atom. The summed E-state index contributed by atoms with van der Waals surface area (Å²) in [5.74, 6) is -6.93. The molecule has 1 aliphatic heterocycles. The van der Waals surface area contributed by atoms with Crippen molar-refractivity contribution in [1.29, 1.82) is 0 Å². The summed E-state index contributed by atoms with van der Waals surface area (Å²) in [6.07, 6.45) is -1.51. The van der Waals surface area contributed by atoms with Gasteiger partial charge in [0.1, 0.15) is 12.1 Å². The van der Waals surface area contributed by atoms with E-state index in [-0.39, 0.29) is 141 Å². The van der Waals surface area contributed by atoms with Crippen LogP contribution in [0.1, 0.15) is 12.8 Å². The van der Waals surface area contributed by atoms with Crippen LogP contribution in [0.3, 0.4) is 0 Å². The Labute approximate surface area is 315 Å². The molecule has 1 fully saturated rings. The maximum absolute atomic E-state index is 12.3. The number of hydrogen-bond acceptors (Lipinski definition) is 12. The standard InChI is InChI=1S/C24H40N4O14.4Li.4H/c29-19(25-17(23(35)36)13-21(31)32)15-27-1-5-39-9-10-41-7-3-28(4-8-42-12-11-40-6-2-27)16-20(30)26-18(24(37)38)14-22(33)34;;;;;;;;/h17-18H,1-16H2,(H,25,29)(H,26,30)(H,31,32)(H,33,34)(H,35,36)(H,37,38);;;;;;;;.